The van der Waals surface area contributed by atoms with Gasteiger partial charge in [0.2, 0.25) is 11.9 Å². The quantitative estimate of drug-likeness (QED) is 0.660. The summed E-state index contributed by atoms with van der Waals surface area (Å²) in [6, 6.07) is 3.03. The van der Waals surface area contributed by atoms with Gasteiger partial charge in [0.05, 0.1) is 31.3 Å². The molecule has 0 aliphatic carbocycles. The second kappa shape index (κ2) is 6.56. The van der Waals surface area contributed by atoms with Gasteiger partial charge in [-0.3, -0.25) is 9.59 Å². The van der Waals surface area contributed by atoms with Crippen molar-refractivity contribution >= 4 is 29.0 Å². The van der Waals surface area contributed by atoms with Crippen LogP contribution in [0.25, 0.3) is 16.9 Å². The van der Waals surface area contributed by atoms with Crippen LogP contribution in [0, 0.1) is 11.7 Å². The number of aryl methyl sites for hydroxylation is 1. The molecule has 3 aromatic rings. The van der Waals surface area contributed by atoms with Crippen molar-refractivity contribution in [3.05, 3.63) is 44.6 Å². The molecule has 134 valence electrons. The number of H-pyrrole nitrogens is 1. The van der Waals surface area contributed by atoms with E-state index in [0.29, 0.717) is 22.2 Å². The molecule has 2 aromatic heterocycles. The van der Waals surface area contributed by atoms with Crippen LogP contribution in [0.5, 0.6) is 11.6 Å². The zero-order valence-electron chi connectivity index (χ0n) is 14.2. The topological polar surface area (TPSA) is 125 Å². The SMILES string of the molecule is COc1cnc(-n2c(=S)[nH]c3cc(C(N)=O)cc(C)c3c2=O)nc1OC. The number of amides is 1. The lowest BCUT2D eigenvalue weighted by Gasteiger charge is -2.11. The van der Waals surface area contributed by atoms with Crippen molar-refractivity contribution in [2.24, 2.45) is 5.73 Å². The minimum Gasteiger partial charge on any atom is -0.490 e. The molecule has 1 aromatic carbocycles. The highest BCUT2D eigenvalue weighted by Crippen LogP contribution is 2.23. The van der Waals surface area contributed by atoms with Crippen LogP contribution >= 0.6 is 12.2 Å². The summed E-state index contributed by atoms with van der Waals surface area (Å²) in [6.07, 6.45) is 1.38. The second-order valence-corrected chi connectivity index (χ2v) is 5.79. The molecular formula is C16H15N5O4S. The van der Waals surface area contributed by atoms with Gasteiger partial charge >= 0.3 is 0 Å². The number of carbonyl (C=O) groups excluding carboxylic acids is 1. The van der Waals surface area contributed by atoms with Gasteiger partial charge in [-0.1, -0.05) is 0 Å². The number of methoxy groups -OCH3 is 2. The molecule has 0 bridgehead atoms. The second-order valence-electron chi connectivity index (χ2n) is 5.40. The Balaban J connectivity index is 2.34. The highest BCUT2D eigenvalue weighted by molar-refractivity contribution is 7.71. The molecular weight excluding hydrogens is 358 g/mol. The Morgan fingerprint density at radius 3 is 2.65 bits per heavy atom. The van der Waals surface area contributed by atoms with Gasteiger partial charge in [0.1, 0.15) is 0 Å². The summed E-state index contributed by atoms with van der Waals surface area (Å²) in [4.78, 5) is 35.7. The standard InChI is InChI=1S/C16H15N5O4S/c1-7-4-8(12(17)22)5-9-11(7)14(23)21(16(26)19-9)15-18-6-10(24-2)13(20-15)25-3/h4-6H,1-3H3,(H2,17,22)(H,19,26). The van der Waals surface area contributed by atoms with Crippen molar-refractivity contribution in [1.29, 1.82) is 0 Å². The van der Waals surface area contributed by atoms with E-state index >= 15 is 0 Å². The van der Waals surface area contributed by atoms with Crippen LogP contribution in [0.4, 0.5) is 0 Å². The lowest BCUT2D eigenvalue weighted by atomic mass is 10.1. The van der Waals surface area contributed by atoms with Crippen molar-refractivity contribution < 1.29 is 14.3 Å². The number of benzene rings is 1. The highest BCUT2D eigenvalue weighted by Gasteiger charge is 2.16. The van der Waals surface area contributed by atoms with Crippen LogP contribution in [0.1, 0.15) is 15.9 Å². The van der Waals surface area contributed by atoms with Gasteiger partial charge in [-0.05, 0) is 36.8 Å². The predicted octanol–water partition coefficient (Wildman–Crippen LogP) is 1.26. The van der Waals surface area contributed by atoms with Gasteiger partial charge in [0, 0.05) is 5.56 Å². The smallest absolute Gasteiger partial charge is 0.269 e. The molecule has 0 saturated carbocycles. The van der Waals surface area contributed by atoms with Gasteiger partial charge in [-0.15, -0.1) is 0 Å². The molecule has 2 heterocycles. The number of carbonyl (C=O) groups is 1. The number of hydrogen-bond acceptors (Lipinski definition) is 7. The normalized spacial score (nSPS) is 10.7. The first-order chi connectivity index (χ1) is 12.4. The Bertz CT molecular complexity index is 1150. The molecule has 0 unspecified atom stereocenters. The van der Waals surface area contributed by atoms with E-state index in [4.69, 9.17) is 27.4 Å². The van der Waals surface area contributed by atoms with Crippen LogP contribution in [-0.2, 0) is 0 Å². The largest absolute Gasteiger partial charge is 0.490 e. The predicted molar refractivity (Wildman–Crippen MR) is 96.7 cm³/mol. The van der Waals surface area contributed by atoms with Crippen LogP contribution in [-0.4, -0.2) is 39.6 Å². The van der Waals surface area contributed by atoms with Gasteiger partial charge in [0.15, 0.2) is 10.5 Å². The number of ether oxygens (including phenoxy) is 2. The first kappa shape index (κ1) is 17.5. The average Bonchev–Trinajstić information content (AvgIpc) is 2.60. The molecule has 0 aliphatic heterocycles. The maximum atomic E-state index is 13.0. The van der Waals surface area contributed by atoms with Crippen LogP contribution in [0.2, 0.25) is 0 Å². The Morgan fingerprint density at radius 1 is 1.31 bits per heavy atom. The molecule has 0 atom stereocenters. The summed E-state index contributed by atoms with van der Waals surface area (Å²) in [5.74, 6) is -0.0714. The maximum absolute atomic E-state index is 13.0. The van der Waals surface area contributed by atoms with Crippen molar-refractivity contribution in [2.75, 3.05) is 14.2 Å². The van der Waals surface area contributed by atoms with E-state index in [-0.39, 0.29) is 22.2 Å². The first-order valence-corrected chi connectivity index (χ1v) is 7.83. The molecule has 1 amide bonds. The summed E-state index contributed by atoms with van der Waals surface area (Å²) in [5, 5.41) is 0.349. The third kappa shape index (κ3) is 2.80. The van der Waals surface area contributed by atoms with Crippen molar-refractivity contribution in [2.45, 2.75) is 6.92 Å². The zero-order valence-corrected chi connectivity index (χ0v) is 15.0. The summed E-state index contributed by atoms with van der Waals surface area (Å²) in [7, 11) is 2.88. The summed E-state index contributed by atoms with van der Waals surface area (Å²) >= 11 is 5.28. The fourth-order valence-electron chi connectivity index (χ4n) is 2.61. The molecule has 10 heteroatoms. The van der Waals surface area contributed by atoms with Crippen LogP contribution < -0.4 is 20.8 Å². The summed E-state index contributed by atoms with van der Waals surface area (Å²) in [5.41, 5.74) is 6.15. The lowest BCUT2D eigenvalue weighted by Crippen LogP contribution is -2.24. The molecule has 0 saturated heterocycles. The number of fused-ring (bicyclic) bond motifs is 1. The Morgan fingerprint density at radius 2 is 2.04 bits per heavy atom. The van der Waals surface area contributed by atoms with Gasteiger partial charge in [0.25, 0.3) is 11.4 Å². The minimum absolute atomic E-state index is 0.0363. The van der Waals surface area contributed by atoms with Gasteiger partial charge < -0.3 is 20.2 Å². The van der Waals surface area contributed by atoms with E-state index in [1.807, 2.05) is 0 Å². The third-order valence-corrected chi connectivity index (χ3v) is 4.09. The molecule has 0 aliphatic rings. The molecule has 3 rings (SSSR count). The number of nitrogens with zero attached hydrogens (tertiary/aromatic N) is 3. The number of aromatic nitrogens is 4. The Kier molecular flexibility index (Phi) is 4.43. The number of rotatable bonds is 4. The fraction of sp³-hybridized carbons (Fsp3) is 0.188. The van der Waals surface area contributed by atoms with Crippen molar-refractivity contribution in [1.82, 2.24) is 19.5 Å². The third-order valence-electron chi connectivity index (χ3n) is 3.80. The van der Waals surface area contributed by atoms with Crippen LogP contribution in [0.3, 0.4) is 0 Å². The molecule has 3 N–H and O–H groups in total. The number of nitrogens with one attached hydrogen (secondary N) is 1. The number of aromatic amines is 1. The molecule has 0 fully saturated rings. The monoisotopic (exact) mass is 373 g/mol. The number of hydrogen-bond donors (Lipinski definition) is 2. The van der Waals surface area contributed by atoms with Crippen molar-refractivity contribution in [3.8, 4) is 17.6 Å². The lowest BCUT2D eigenvalue weighted by molar-refractivity contribution is 0.100. The van der Waals surface area contributed by atoms with Crippen LogP contribution in [0.15, 0.2) is 23.1 Å². The number of nitrogens with two attached hydrogens (primary N) is 1. The molecule has 0 radical (unpaired) electrons. The van der Waals surface area contributed by atoms with E-state index in [9.17, 15) is 9.59 Å². The van der Waals surface area contributed by atoms with E-state index in [2.05, 4.69) is 15.0 Å². The zero-order chi connectivity index (χ0) is 19.0. The van der Waals surface area contributed by atoms with Gasteiger partial charge in [-0.2, -0.15) is 4.98 Å². The first-order valence-electron chi connectivity index (χ1n) is 7.42. The van der Waals surface area contributed by atoms with Crippen molar-refractivity contribution in [3.63, 3.8) is 0 Å². The highest BCUT2D eigenvalue weighted by atomic mass is 32.1. The summed E-state index contributed by atoms with van der Waals surface area (Å²) < 4.78 is 11.5. The maximum Gasteiger partial charge on any atom is 0.269 e. The molecule has 0 spiro atoms. The minimum atomic E-state index is -0.596. The van der Waals surface area contributed by atoms with E-state index in [1.165, 1.54) is 26.5 Å². The van der Waals surface area contributed by atoms with E-state index in [1.54, 1.807) is 13.0 Å². The molecule has 26 heavy (non-hydrogen) atoms. The average molecular weight is 373 g/mol. The number of primary amides is 1. The van der Waals surface area contributed by atoms with Gasteiger partial charge in [-0.25, -0.2) is 9.55 Å². The Hall–Kier alpha value is -3.27. The molecule has 9 nitrogen and oxygen atoms in total. The van der Waals surface area contributed by atoms with E-state index in [0.717, 1.165) is 4.57 Å². The Labute approximate surface area is 152 Å². The summed E-state index contributed by atoms with van der Waals surface area (Å²) in [6.45, 7) is 1.70. The van der Waals surface area contributed by atoms with E-state index < -0.39 is 11.5 Å². The fourth-order valence-corrected chi connectivity index (χ4v) is 2.88.